The molecule has 0 N–H and O–H groups in total. The summed E-state index contributed by atoms with van der Waals surface area (Å²) in [6.45, 7) is 16.9. The van der Waals surface area contributed by atoms with Crippen LogP contribution in [0.5, 0.6) is 0 Å². The molecule has 0 aliphatic carbocycles. The SMILES string of the molecule is CC(C)(C)[Si](C)(C)OCCC1CCN(CCCN2C(=O)CCc3ccccc32)CC1. The van der Waals surface area contributed by atoms with Gasteiger partial charge in [0.05, 0.1) is 0 Å². The smallest absolute Gasteiger partial charge is 0.227 e. The Kier molecular flexibility index (Phi) is 7.80. The fourth-order valence-corrected chi connectivity index (χ4v) is 5.45. The molecule has 1 fully saturated rings. The van der Waals surface area contributed by atoms with Crippen molar-refractivity contribution < 1.29 is 9.22 Å². The summed E-state index contributed by atoms with van der Waals surface area (Å²) in [7, 11) is -1.61. The number of benzene rings is 1. The van der Waals surface area contributed by atoms with Gasteiger partial charge in [0.1, 0.15) is 0 Å². The molecular weight excluding hydrogens is 388 g/mol. The molecule has 2 aliphatic heterocycles. The summed E-state index contributed by atoms with van der Waals surface area (Å²) in [6.07, 6.45) is 6.37. The van der Waals surface area contributed by atoms with E-state index in [-0.39, 0.29) is 5.91 Å². The lowest BCUT2D eigenvalue weighted by Gasteiger charge is -2.37. The van der Waals surface area contributed by atoms with Crippen molar-refractivity contribution >= 4 is 19.9 Å². The van der Waals surface area contributed by atoms with Crippen LogP contribution in [-0.2, 0) is 15.6 Å². The third-order valence-electron chi connectivity index (χ3n) is 7.55. The van der Waals surface area contributed by atoms with Gasteiger partial charge in [0.25, 0.3) is 0 Å². The van der Waals surface area contributed by atoms with Crippen molar-refractivity contribution in [1.29, 1.82) is 0 Å². The predicted molar refractivity (Wildman–Crippen MR) is 129 cm³/mol. The largest absolute Gasteiger partial charge is 0.417 e. The maximum absolute atomic E-state index is 12.4. The zero-order valence-corrected chi connectivity index (χ0v) is 20.9. The van der Waals surface area contributed by atoms with Crippen LogP contribution in [0.2, 0.25) is 18.1 Å². The van der Waals surface area contributed by atoms with E-state index in [0.29, 0.717) is 11.5 Å². The molecule has 1 aromatic carbocycles. The van der Waals surface area contributed by atoms with Crippen LogP contribution in [-0.4, -0.2) is 51.9 Å². The number of carbonyl (C=O) groups excluding carboxylic acids is 1. The molecule has 5 heteroatoms. The Balaban J connectivity index is 1.35. The van der Waals surface area contributed by atoms with Gasteiger partial charge in [-0.05, 0) is 87.4 Å². The Morgan fingerprint density at radius 1 is 1.07 bits per heavy atom. The van der Waals surface area contributed by atoms with Gasteiger partial charge in [0.15, 0.2) is 8.32 Å². The maximum atomic E-state index is 12.4. The molecule has 168 valence electrons. The van der Waals surface area contributed by atoms with Crippen molar-refractivity contribution in [3.63, 3.8) is 0 Å². The number of hydrogen-bond donors (Lipinski definition) is 0. The number of amides is 1. The van der Waals surface area contributed by atoms with Gasteiger partial charge in [-0.2, -0.15) is 0 Å². The lowest BCUT2D eigenvalue weighted by molar-refractivity contribution is -0.118. The Labute approximate surface area is 185 Å². The first-order valence-electron chi connectivity index (χ1n) is 11.9. The number of aryl methyl sites for hydroxylation is 1. The van der Waals surface area contributed by atoms with E-state index in [4.69, 9.17) is 4.43 Å². The van der Waals surface area contributed by atoms with Crippen LogP contribution in [0.3, 0.4) is 0 Å². The minimum absolute atomic E-state index is 0.286. The number of fused-ring (bicyclic) bond motifs is 1. The number of carbonyl (C=O) groups is 1. The summed E-state index contributed by atoms with van der Waals surface area (Å²) < 4.78 is 6.38. The molecule has 0 radical (unpaired) electrons. The lowest BCUT2D eigenvalue weighted by atomic mass is 9.94. The number of anilines is 1. The highest BCUT2D eigenvalue weighted by atomic mass is 28.4. The van der Waals surface area contributed by atoms with Crippen LogP contribution in [0.15, 0.2) is 24.3 Å². The van der Waals surface area contributed by atoms with Crippen LogP contribution in [0.4, 0.5) is 5.69 Å². The van der Waals surface area contributed by atoms with Crippen LogP contribution < -0.4 is 4.90 Å². The average Bonchev–Trinajstić information content (AvgIpc) is 2.70. The minimum atomic E-state index is -1.61. The maximum Gasteiger partial charge on any atom is 0.227 e. The molecule has 0 bridgehead atoms. The highest BCUT2D eigenvalue weighted by Gasteiger charge is 2.37. The van der Waals surface area contributed by atoms with Gasteiger partial charge in [0.2, 0.25) is 5.91 Å². The molecule has 2 heterocycles. The van der Waals surface area contributed by atoms with Gasteiger partial charge in [0, 0.05) is 25.3 Å². The molecule has 3 rings (SSSR count). The normalized spacial score (nSPS) is 19.2. The summed E-state index contributed by atoms with van der Waals surface area (Å²) in [5.74, 6) is 1.09. The van der Waals surface area contributed by atoms with E-state index in [1.807, 2.05) is 11.0 Å². The van der Waals surface area contributed by atoms with E-state index in [0.717, 1.165) is 44.1 Å². The number of likely N-dealkylation sites (tertiary alicyclic amines) is 1. The Morgan fingerprint density at radius 2 is 1.77 bits per heavy atom. The van der Waals surface area contributed by atoms with Gasteiger partial charge in [-0.3, -0.25) is 4.79 Å². The summed E-state index contributed by atoms with van der Waals surface area (Å²) >= 11 is 0. The van der Waals surface area contributed by atoms with E-state index < -0.39 is 8.32 Å². The fourth-order valence-electron chi connectivity index (χ4n) is 4.39. The molecule has 2 aliphatic rings. The quantitative estimate of drug-likeness (QED) is 0.512. The fraction of sp³-hybridized carbons (Fsp3) is 0.720. The number of piperidine rings is 1. The Morgan fingerprint density at radius 3 is 2.47 bits per heavy atom. The molecule has 1 aromatic rings. The summed E-state index contributed by atoms with van der Waals surface area (Å²) in [4.78, 5) is 17.0. The second-order valence-corrected chi connectivity index (χ2v) is 15.5. The van der Waals surface area contributed by atoms with Crippen molar-refractivity contribution in [3.05, 3.63) is 29.8 Å². The van der Waals surface area contributed by atoms with Gasteiger partial charge in [-0.25, -0.2) is 0 Å². The third kappa shape index (κ3) is 5.95. The van der Waals surface area contributed by atoms with E-state index >= 15 is 0 Å². The summed E-state index contributed by atoms with van der Waals surface area (Å²) in [5, 5.41) is 0.298. The number of para-hydroxylation sites is 1. The van der Waals surface area contributed by atoms with Crippen molar-refractivity contribution in [1.82, 2.24) is 4.90 Å². The summed E-state index contributed by atoms with van der Waals surface area (Å²) in [5.41, 5.74) is 2.45. The van der Waals surface area contributed by atoms with Gasteiger partial charge < -0.3 is 14.2 Å². The molecule has 0 atom stereocenters. The molecule has 4 nitrogen and oxygen atoms in total. The zero-order valence-electron chi connectivity index (χ0n) is 19.9. The standard InChI is InChI=1S/C25H42N2O2Si/c1-25(2,3)30(4,5)29-20-15-21-13-18-26(19-14-21)16-8-17-27-23-10-7-6-9-22(23)11-12-24(27)28/h6-7,9-10,21H,8,11-20H2,1-5H3. The first kappa shape index (κ1) is 23.5. The van der Waals surface area contributed by atoms with E-state index in [2.05, 4.69) is 57.0 Å². The van der Waals surface area contributed by atoms with Gasteiger partial charge in [-0.1, -0.05) is 39.0 Å². The highest BCUT2D eigenvalue weighted by molar-refractivity contribution is 6.74. The molecule has 1 amide bonds. The molecule has 0 spiro atoms. The number of hydrogen-bond acceptors (Lipinski definition) is 3. The summed E-state index contributed by atoms with van der Waals surface area (Å²) in [6, 6.07) is 8.39. The molecule has 0 aromatic heterocycles. The average molecular weight is 431 g/mol. The molecule has 1 saturated heterocycles. The van der Waals surface area contributed by atoms with Crippen LogP contribution in [0.25, 0.3) is 0 Å². The van der Waals surface area contributed by atoms with Crippen LogP contribution in [0.1, 0.15) is 58.4 Å². The number of rotatable bonds is 8. The van der Waals surface area contributed by atoms with Crippen molar-refractivity contribution in [3.8, 4) is 0 Å². The predicted octanol–water partition coefficient (Wildman–Crippen LogP) is 5.48. The topological polar surface area (TPSA) is 32.8 Å². The monoisotopic (exact) mass is 430 g/mol. The lowest BCUT2D eigenvalue weighted by Crippen LogP contribution is -2.41. The van der Waals surface area contributed by atoms with Crippen LogP contribution in [0, 0.1) is 5.92 Å². The second kappa shape index (κ2) is 9.97. The van der Waals surface area contributed by atoms with Crippen LogP contribution >= 0.6 is 0 Å². The second-order valence-electron chi connectivity index (χ2n) is 10.7. The van der Waals surface area contributed by atoms with Gasteiger partial charge in [-0.15, -0.1) is 0 Å². The zero-order chi connectivity index (χ0) is 21.8. The number of nitrogens with zero attached hydrogens (tertiary/aromatic N) is 2. The van der Waals surface area contributed by atoms with E-state index in [1.54, 1.807) is 0 Å². The first-order valence-corrected chi connectivity index (χ1v) is 14.8. The molecule has 0 unspecified atom stereocenters. The van der Waals surface area contributed by atoms with Crippen molar-refractivity contribution in [2.75, 3.05) is 37.7 Å². The van der Waals surface area contributed by atoms with Crippen molar-refractivity contribution in [2.45, 2.75) is 77.4 Å². The third-order valence-corrected chi connectivity index (χ3v) is 12.1. The Bertz CT molecular complexity index is 705. The molecule has 30 heavy (non-hydrogen) atoms. The first-order chi connectivity index (χ1) is 14.2. The minimum Gasteiger partial charge on any atom is -0.417 e. The molecule has 0 saturated carbocycles. The van der Waals surface area contributed by atoms with Gasteiger partial charge >= 0.3 is 0 Å². The van der Waals surface area contributed by atoms with E-state index in [9.17, 15) is 4.79 Å². The van der Waals surface area contributed by atoms with Crippen molar-refractivity contribution in [2.24, 2.45) is 5.92 Å². The highest BCUT2D eigenvalue weighted by Crippen LogP contribution is 2.37. The molecular formula is C25H42N2O2Si. The van der Waals surface area contributed by atoms with E-state index in [1.165, 1.54) is 37.9 Å². The Hall–Kier alpha value is -1.17.